The van der Waals surface area contributed by atoms with Gasteiger partial charge >= 0.3 is 5.97 Å². The molecular formula is C12H14O4S. The smallest absolute Gasteiger partial charge is 0.335 e. The third-order valence-corrected chi connectivity index (χ3v) is 5.96. The Hall–Kier alpha value is -1.36. The molecule has 2 rings (SSSR count). The topological polar surface area (TPSA) is 71.4 Å². The van der Waals surface area contributed by atoms with E-state index in [4.69, 9.17) is 5.11 Å². The highest BCUT2D eigenvalue weighted by Crippen LogP contribution is 2.37. The number of carboxylic acid groups (broad SMARTS) is 1. The van der Waals surface area contributed by atoms with E-state index in [1.165, 1.54) is 18.2 Å². The number of carboxylic acids is 1. The molecule has 0 unspecified atom stereocenters. The number of hydrogen-bond donors (Lipinski definition) is 1. The number of rotatable bonds is 1. The molecule has 0 atom stereocenters. The van der Waals surface area contributed by atoms with Crippen molar-refractivity contribution in [1.82, 2.24) is 0 Å². The van der Waals surface area contributed by atoms with Crippen molar-refractivity contribution >= 4 is 15.8 Å². The molecule has 0 spiro atoms. The van der Waals surface area contributed by atoms with Crippen LogP contribution >= 0.6 is 0 Å². The number of aryl methyl sites for hydroxylation is 1. The highest BCUT2D eigenvalue weighted by atomic mass is 32.2. The van der Waals surface area contributed by atoms with Gasteiger partial charge in [-0.05, 0) is 50.5 Å². The minimum atomic E-state index is -3.36. The summed E-state index contributed by atoms with van der Waals surface area (Å²) >= 11 is 0. The first-order chi connectivity index (χ1) is 7.75. The van der Waals surface area contributed by atoms with Crippen molar-refractivity contribution in [3.63, 3.8) is 0 Å². The van der Waals surface area contributed by atoms with Gasteiger partial charge in [0.2, 0.25) is 0 Å². The van der Waals surface area contributed by atoms with Gasteiger partial charge in [-0.1, -0.05) is 0 Å². The van der Waals surface area contributed by atoms with Gasteiger partial charge in [-0.2, -0.15) is 0 Å². The van der Waals surface area contributed by atoms with Crippen molar-refractivity contribution < 1.29 is 18.3 Å². The zero-order valence-electron chi connectivity index (χ0n) is 9.73. The Bertz CT molecular complexity index is 585. The van der Waals surface area contributed by atoms with Crippen molar-refractivity contribution in [2.24, 2.45) is 0 Å². The predicted molar refractivity (Wildman–Crippen MR) is 63.0 cm³/mol. The van der Waals surface area contributed by atoms with Crippen LogP contribution in [0.5, 0.6) is 0 Å². The molecule has 4 nitrogen and oxygen atoms in total. The van der Waals surface area contributed by atoms with Gasteiger partial charge in [-0.15, -0.1) is 0 Å². The van der Waals surface area contributed by atoms with E-state index in [9.17, 15) is 13.2 Å². The molecule has 1 aromatic carbocycles. The lowest BCUT2D eigenvalue weighted by atomic mass is 9.99. The minimum absolute atomic E-state index is 0.138. The van der Waals surface area contributed by atoms with Gasteiger partial charge in [0, 0.05) is 0 Å². The molecule has 1 aliphatic heterocycles. The van der Waals surface area contributed by atoms with E-state index in [1.807, 2.05) is 0 Å². The van der Waals surface area contributed by atoms with Crippen molar-refractivity contribution in [2.45, 2.75) is 36.3 Å². The maximum Gasteiger partial charge on any atom is 0.335 e. The molecule has 5 heteroatoms. The first-order valence-corrected chi connectivity index (χ1v) is 6.85. The van der Waals surface area contributed by atoms with Crippen LogP contribution in [0.15, 0.2) is 23.1 Å². The summed E-state index contributed by atoms with van der Waals surface area (Å²) in [4.78, 5) is 11.1. The van der Waals surface area contributed by atoms with Crippen LogP contribution in [0.2, 0.25) is 0 Å². The second kappa shape index (κ2) is 3.57. The average molecular weight is 254 g/mol. The maximum atomic E-state index is 12.3. The molecule has 1 aliphatic rings. The zero-order valence-corrected chi connectivity index (χ0v) is 10.5. The van der Waals surface area contributed by atoms with Crippen LogP contribution in [0.25, 0.3) is 0 Å². The third kappa shape index (κ3) is 1.74. The van der Waals surface area contributed by atoms with E-state index in [0.29, 0.717) is 18.4 Å². The minimum Gasteiger partial charge on any atom is -0.478 e. The molecule has 0 amide bonds. The first kappa shape index (κ1) is 12.1. The summed E-state index contributed by atoms with van der Waals surface area (Å²) < 4.78 is 23.7. The molecule has 0 aliphatic carbocycles. The Morgan fingerprint density at radius 3 is 2.59 bits per heavy atom. The number of fused-ring (bicyclic) bond motifs is 1. The quantitative estimate of drug-likeness (QED) is 0.830. The summed E-state index contributed by atoms with van der Waals surface area (Å²) in [5.41, 5.74) is 0.753. The van der Waals surface area contributed by atoms with Gasteiger partial charge in [0.25, 0.3) is 0 Å². The summed E-state index contributed by atoms with van der Waals surface area (Å²) in [6.07, 6.45) is 1.12. The van der Waals surface area contributed by atoms with Gasteiger partial charge in [0.05, 0.1) is 15.2 Å². The molecule has 0 aromatic heterocycles. The Labute approximate surface area is 100 Å². The Morgan fingerprint density at radius 1 is 1.35 bits per heavy atom. The van der Waals surface area contributed by atoms with Crippen LogP contribution in [0.4, 0.5) is 0 Å². The van der Waals surface area contributed by atoms with E-state index in [-0.39, 0.29) is 10.5 Å². The van der Waals surface area contributed by atoms with Crippen molar-refractivity contribution in [1.29, 1.82) is 0 Å². The van der Waals surface area contributed by atoms with E-state index < -0.39 is 20.6 Å². The standard InChI is InChI=1S/C12H14O4S/c1-12(2)6-5-8-7-9(11(13)14)3-4-10(8)17(12,15)16/h3-4,7H,5-6H2,1-2H3,(H,13,14). The molecule has 0 radical (unpaired) electrons. The maximum absolute atomic E-state index is 12.3. The number of aromatic carboxylic acids is 1. The second-order valence-electron chi connectivity index (χ2n) is 4.89. The molecule has 0 saturated heterocycles. The molecule has 92 valence electrons. The number of sulfone groups is 1. The van der Waals surface area contributed by atoms with Crippen LogP contribution in [-0.4, -0.2) is 24.2 Å². The largest absolute Gasteiger partial charge is 0.478 e. The molecule has 17 heavy (non-hydrogen) atoms. The van der Waals surface area contributed by atoms with Gasteiger partial charge in [0.1, 0.15) is 0 Å². The highest BCUT2D eigenvalue weighted by molar-refractivity contribution is 7.92. The summed E-state index contributed by atoms with van der Waals surface area (Å²) in [7, 11) is -3.36. The normalized spacial score (nSPS) is 20.6. The molecule has 0 bridgehead atoms. The van der Waals surface area contributed by atoms with E-state index in [0.717, 1.165) is 0 Å². The van der Waals surface area contributed by atoms with Crippen LogP contribution in [0.1, 0.15) is 36.2 Å². The summed E-state index contributed by atoms with van der Waals surface area (Å²) in [6.45, 7) is 3.41. The lowest BCUT2D eigenvalue weighted by molar-refractivity contribution is 0.0696. The van der Waals surface area contributed by atoms with Crippen molar-refractivity contribution in [2.75, 3.05) is 0 Å². The number of benzene rings is 1. The third-order valence-electron chi connectivity index (χ3n) is 3.32. The fourth-order valence-electron chi connectivity index (χ4n) is 2.04. The first-order valence-electron chi connectivity index (χ1n) is 5.36. The van der Waals surface area contributed by atoms with Gasteiger partial charge in [-0.25, -0.2) is 13.2 Å². The molecule has 1 N–H and O–H groups in total. The number of hydrogen-bond acceptors (Lipinski definition) is 3. The Morgan fingerprint density at radius 2 is 2.00 bits per heavy atom. The van der Waals surface area contributed by atoms with E-state index >= 15 is 0 Å². The van der Waals surface area contributed by atoms with E-state index in [2.05, 4.69) is 0 Å². The SMILES string of the molecule is CC1(C)CCc2cc(C(=O)O)ccc2S1(=O)=O. The fraction of sp³-hybridized carbons (Fsp3) is 0.417. The summed E-state index contributed by atoms with van der Waals surface area (Å²) in [5, 5.41) is 8.87. The Balaban J connectivity index is 2.64. The van der Waals surface area contributed by atoms with E-state index in [1.54, 1.807) is 13.8 Å². The lowest BCUT2D eigenvalue weighted by Gasteiger charge is -2.31. The molecule has 1 aromatic rings. The zero-order chi connectivity index (χ0) is 12.8. The molecule has 0 fully saturated rings. The van der Waals surface area contributed by atoms with Gasteiger partial charge in [0.15, 0.2) is 9.84 Å². The number of carbonyl (C=O) groups is 1. The molecule has 1 heterocycles. The van der Waals surface area contributed by atoms with Gasteiger partial charge in [-0.3, -0.25) is 0 Å². The van der Waals surface area contributed by atoms with Crippen molar-refractivity contribution in [3.05, 3.63) is 29.3 Å². The lowest BCUT2D eigenvalue weighted by Crippen LogP contribution is -2.36. The van der Waals surface area contributed by atoms with Crippen LogP contribution in [0, 0.1) is 0 Å². The van der Waals surface area contributed by atoms with Crippen molar-refractivity contribution in [3.8, 4) is 0 Å². The molecular weight excluding hydrogens is 240 g/mol. The average Bonchev–Trinajstić information content (AvgIpc) is 2.24. The van der Waals surface area contributed by atoms with Crippen LogP contribution in [0.3, 0.4) is 0 Å². The summed E-state index contributed by atoms with van der Waals surface area (Å²) in [6, 6.07) is 4.22. The van der Waals surface area contributed by atoms with Gasteiger partial charge < -0.3 is 5.11 Å². The Kier molecular flexibility index (Phi) is 2.54. The van der Waals surface area contributed by atoms with Crippen LogP contribution in [-0.2, 0) is 16.3 Å². The highest BCUT2D eigenvalue weighted by Gasteiger charge is 2.40. The summed E-state index contributed by atoms with van der Waals surface area (Å²) in [5.74, 6) is -1.03. The fourth-order valence-corrected chi connectivity index (χ4v) is 3.76. The van der Waals surface area contributed by atoms with Crippen LogP contribution < -0.4 is 0 Å². The predicted octanol–water partition coefficient (Wildman–Crippen LogP) is 1.88. The second-order valence-corrected chi connectivity index (χ2v) is 7.44. The molecule has 0 saturated carbocycles. The monoisotopic (exact) mass is 254 g/mol.